The van der Waals surface area contributed by atoms with E-state index >= 15 is 0 Å². The van der Waals surface area contributed by atoms with Gasteiger partial charge in [0.2, 0.25) is 11.9 Å². The number of ether oxygens (including phenoxy) is 2. The van der Waals surface area contributed by atoms with Crippen molar-refractivity contribution in [1.29, 1.82) is 0 Å². The first-order valence-electron chi connectivity index (χ1n) is 11.6. The summed E-state index contributed by atoms with van der Waals surface area (Å²) in [6, 6.07) is 4.68. The lowest BCUT2D eigenvalue weighted by atomic mass is 9.99. The van der Waals surface area contributed by atoms with Crippen LogP contribution in [0.2, 0.25) is 0 Å². The molecule has 1 unspecified atom stereocenters. The minimum Gasteiger partial charge on any atom is -0.493 e. The molecule has 0 spiro atoms. The lowest BCUT2D eigenvalue weighted by molar-refractivity contribution is -0.142. The number of pyridine rings is 1. The molecule has 1 atom stereocenters. The van der Waals surface area contributed by atoms with Crippen LogP contribution in [-0.4, -0.2) is 75.2 Å². The van der Waals surface area contributed by atoms with E-state index in [1.807, 2.05) is 11.8 Å². The summed E-state index contributed by atoms with van der Waals surface area (Å²) in [5, 5.41) is 0. The highest BCUT2D eigenvalue weighted by Gasteiger charge is 2.28. The van der Waals surface area contributed by atoms with Gasteiger partial charge < -0.3 is 19.3 Å². The molecule has 5 rings (SSSR count). The Hall–Kier alpha value is -3.73. The summed E-state index contributed by atoms with van der Waals surface area (Å²) in [5.41, 5.74) is 1.89. The van der Waals surface area contributed by atoms with Gasteiger partial charge in [-0.25, -0.2) is 24.9 Å². The van der Waals surface area contributed by atoms with Crippen molar-refractivity contribution in [3.8, 4) is 17.4 Å². The number of halogens is 1. The van der Waals surface area contributed by atoms with Crippen LogP contribution in [-0.2, 0) is 16.0 Å². The van der Waals surface area contributed by atoms with E-state index in [1.54, 1.807) is 35.6 Å². The van der Waals surface area contributed by atoms with Crippen molar-refractivity contribution in [3.05, 3.63) is 54.0 Å². The van der Waals surface area contributed by atoms with Crippen LogP contribution in [0.25, 0.3) is 11.6 Å². The molecule has 1 fully saturated rings. The number of morpholine rings is 1. The molecule has 0 saturated carbocycles. The highest BCUT2D eigenvalue weighted by atomic mass is 19.1. The molecule has 10 nitrogen and oxygen atoms in total. The fourth-order valence-electron chi connectivity index (χ4n) is 4.32. The van der Waals surface area contributed by atoms with Gasteiger partial charge in [0, 0.05) is 62.3 Å². The van der Waals surface area contributed by atoms with Gasteiger partial charge >= 0.3 is 0 Å². The van der Waals surface area contributed by atoms with Crippen molar-refractivity contribution < 1.29 is 18.7 Å². The Labute approximate surface area is 202 Å². The van der Waals surface area contributed by atoms with Gasteiger partial charge in [-0.05, 0) is 19.4 Å². The van der Waals surface area contributed by atoms with E-state index in [4.69, 9.17) is 9.47 Å². The quantitative estimate of drug-likeness (QED) is 0.372. The van der Waals surface area contributed by atoms with Gasteiger partial charge in [0.1, 0.15) is 18.2 Å². The number of hydrogen-bond donors (Lipinski definition) is 0. The number of nitrogens with zero attached hydrogens (tertiary/aromatic N) is 7. The molecular weight excluding hydrogens is 453 g/mol. The Morgan fingerprint density at radius 2 is 2.00 bits per heavy atom. The standard InChI is InChI=1S/C24H26FN7O3/c1-16-18-14-28-24(23-26-5-2-6-27-23)29-19(18)4-8-32(16)21-13-17(12-20(25)30-21)35-10-3-7-31-9-11-34-15-22(31)33/h2,5-6,12-14,16H,3-4,7-11,15H2,1H3. The number of carbonyl (C=O) groups is 1. The van der Waals surface area contributed by atoms with Gasteiger partial charge in [0.05, 0.1) is 24.9 Å². The van der Waals surface area contributed by atoms with E-state index in [0.717, 1.165) is 11.3 Å². The lowest BCUT2D eigenvalue weighted by Crippen LogP contribution is -2.42. The SMILES string of the molecule is CC1c2cnc(-c3ncccn3)nc2CCN1c1cc(OCCCN2CCOCC2=O)cc(F)n1. The van der Waals surface area contributed by atoms with E-state index in [0.29, 0.717) is 68.9 Å². The maximum Gasteiger partial charge on any atom is 0.248 e. The zero-order valence-corrected chi connectivity index (χ0v) is 19.4. The fraction of sp³-hybridized carbons (Fsp3) is 0.417. The third-order valence-corrected chi connectivity index (χ3v) is 6.15. The Morgan fingerprint density at radius 1 is 1.14 bits per heavy atom. The van der Waals surface area contributed by atoms with Crippen molar-refractivity contribution in [2.24, 2.45) is 0 Å². The first kappa shape index (κ1) is 23.0. The molecular formula is C24H26FN7O3. The normalized spacial score (nSPS) is 17.9. The summed E-state index contributed by atoms with van der Waals surface area (Å²) in [4.78, 5) is 37.3. The van der Waals surface area contributed by atoms with E-state index < -0.39 is 5.95 Å². The second kappa shape index (κ2) is 10.3. The topological polar surface area (TPSA) is 106 Å². The first-order valence-corrected chi connectivity index (χ1v) is 11.6. The predicted molar refractivity (Wildman–Crippen MR) is 124 cm³/mol. The van der Waals surface area contributed by atoms with Crippen LogP contribution in [0.4, 0.5) is 10.2 Å². The number of anilines is 1. The average Bonchev–Trinajstić information content (AvgIpc) is 2.88. The molecule has 2 aliphatic heterocycles. The van der Waals surface area contributed by atoms with E-state index in [9.17, 15) is 9.18 Å². The highest BCUT2D eigenvalue weighted by molar-refractivity contribution is 5.77. The Balaban J connectivity index is 1.25. The third kappa shape index (κ3) is 5.19. The van der Waals surface area contributed by atoms with Crippen LogP contribution in [0.5, 0.6) is 5.75 Å². The fourth-order valence-corrected chi connectivity index (χ4v) is 4.32. The molecule has 3 aromatic rings. The molecule has 11 heteroatoms. The second-order valence-electron chi connectivity index (χ2n) is 8.41. The molecule has 0 bridgehead atoms. The zero-order valence-electron chi connectivity index (χ0n) is 19.4. The summed E-state index contributed by atoms with van der Waals surface area (Å²) in [7, 11) is 0. The smallest absolute Gasteiger partial charge is 0.248 e. The number of carbonyl (C=O) groups excluding carboxylic acids is 1. The Kier molecular flexibility index (Phi) is 6.75. The minimum absolute atomic E-state index is 0.0137. The third-order valence-electron chi connectivity index (χ3n) is 6.15. The Bertz CT molecular complexity index is 1200. The van der Waals surface area contributed by atoms with Crippen LogP contribution in [0.15, 0.2) is 36.8 Å². The van der Waals surface area contributed by atoms with E-state index in [-0.39, 0.29) is 18.6 Å². The first-order chi connectivity index (χ1) is 17.1. The number of fused-ring (bicyclic) bond motifs is 1. The molecule has 0 N–H and O–H groups in total. The summed E-state index contributed by atoms with van der Waals surface area (Å²) in [6.45, 7) is 4.85. The van der Waals surface area contributed by atoms with Gasteiger partial charge in [0.25, 0.3) is 0 Å². The number of aromatic nitrogens is 5. The number of hydrogen-bond acceptors (Lipinski definition) is 9. The molecule has 182 valence electrons. The average molecular weight is 480 g/mol. The van der Waals surface area contributed by atoms with Gasteiger partial charge in [-0.2, -0.15) is 4.39 Å². The van der Waals surface area contributed by atoms with Crippen molar-refractivity contribution in [2.75, 3.05) is 44.4 Å². The maximum absolute atomic E-state index is 14.4. The lowest BCUT2D eigenvalue weighted by Gasteiger charge is -2.35. The largest absolute Gasteiger partial charge is 0.493 e. The van der Waals surface area contributed by atoms with Crippen molar-refractivity contribution >= 4 is 11.7 Å². The molecule has 0 radical (unpaired) electrons. The number of amides is 1. The molecule has 5 heterocycles. The van der Waals surface area contributed by atoms with Crippen LogP contribution < -0.4 is 9.64 Å². The summed E-state index contributed by atoms with van der Waals surface area (Å²) in [5.74, 6) is 1.26. The van der Waals surface area contributed by atoms with E-state index in [1.165, 1.54) is 6.07 Å². The van der Waals surface area contributed by atoms with Gasteiger partial charge in [-0.15, -0.1) is 0 Å². The second-order valence-corrected chi connectivity index (χ2v) is 8.41. The highest BCUT2D eigenvalue weighted by Crippen LogP contribution is 2.33. The molecule has 1 amide bonds. The summed E-state index contributed by atoms with van der Waals surface area (Å²) < 4.78 is 25.3. The van der Waals surface area contributed by atoms with Crippen LogP contribution >= 0.6 is 0 Å². The van der Waals surface area contributed by atoms with Crippen LogP contribution in [0.3, 0.4) is 0 Å². The molecule has 0 aromatic carbocycles. The van der Waals surface area contributed by atoms with Gasteiger partial charge in [-0.3, -0.25) is 4.79 Å². The molecule has 1 saturated heterocycles. The van der Waals surface area contributed by atoms with Crippen molar-refractivity contribution in [1.82, 2.24) is 29.8 Å². The number of rotatable bonds is 7. The van der Waals surface area contributed by atoms with Gasteiger partial charge in [-0.1, -0.05) is 0 Å². The summed E-state index contributed by atoms with van der Waals surface area (Å²) in [6.07, 6.45) is 6.40. The zero-order chi connectivity index (χ0) is 24.2. The molecule has 2 aliphatic rings. The van der Waals surface area contributed by atoms with Gasteiger partial charge in [0.15, 0.2) is 11.6 Å². The monoisotopic (exact) mass is 479 g/mol. The van der Waals surface area contributed by atoms with E-state index in [2.05, 4.69) is 24.9 Å². The van der Waals surface area contributed by atoms with Crippen molar-refractivity contribution in [2.45, 2.75) is 25.8 Å². The molecule has 0 aliphatic carbocycles. The van der Waals surface area contributed by atoms with Crippen LogP contribution in [0.1, 0.15) is 30.6 Å². The summed E-state index contributed by atoms with van der Waals surface area (Å²) >= 11 is 0. The molecule has 35 heavy (non-hydrogen) atoms. The Morgan fingerprint density at radius 3 is 2.83 bits per heavy atom. The predicted octanol–water partition coefficient (Wildman–Crippen LogP) is 2.22. The van der Waals surface area contributed by atoms with Crippen LogP contribution in [0, 0.1) is 5.95 Å². The maximum atomic E-state index is 14.4. The minimum atomic E-state index is -0.605. The molecule has 3 aromatic heterocycles. The van der Waals surface area contributed by atoms with Crippen molar-refractivity contribution in [3.63, 3.8) is 0 Å².